The van der Waals surface area contributed by atoms with Gasteiger partial charge in [0.05, 0.1) is 5.75 Å². The van der Waals surface area contributed by atoms with Crippen LogP contribution in [0.2, 0.25) is 0 Å². The summed E-state index contributed by atoms with van der Waals surface area (Å²) in [5, 5.41) is 0. The maximum atomic E-state index is 13.8. The molecule has 1 atom stereocenters. The SMILES string of the molecule is CC1CCCN(C(=O)C2CCN(S(=O)(=O)Cc3ccccc3F)CC2)C1. The maximum absolute atomic E-state index is 13.8. The minimum atomic E-state index is -3.57. The molecule has 26 heavy (non-hydrogen) atoms. The zero-order valence-electron chi connectivity index (χ0n) is 15.2. The van der Waals surface area contributed by atoms with Crippen molar-refractivity contribution in [1.29, 1.82) is 0 Å². The van der Waals surface area contributed by atoms with Gasteiger partial charge in [-0.1, -0.05) is 25.1 Å². The van der Waals surface area contributed by atoms with Crippen LogP contribution in [0.15, 0.2) is 24.3 Å². The highest BCUT2D eigenvalue weighted by molar-refractivity contribution is 7.88. The lowest BCUT2D eigenvalue weighted by molar-refractivity contribution is -0.138. The number of rotatable bonds is 4. The fourth-order valence-electron chi connectivity index (χ4n) is 3.93. The second-order valence-electron chi connectivity index (χ2n) is 7.55. The van der Waals surface area contributed by atoms with Crippen molar-refractivity contribution in [2.45, 2.75) is 38.4 Å². The molecule has 2 saturated heterocycles. The van der Waals surface area contributed by atoms with E-state index in [0.29, 0.717) is 31.8 Å². The van der Waals surface area contributed by atoms with E-state index in [0.717, 1.165) is 25.9 Å². The molecule has 0 aromatic heterocycles. The zero-order valence-corrected chi connectivity index (χ0v) is 16.0. The number of likely N-dealkylation sites (tertiary alicyclic amines) is 1. The molecule has 2 heterocycles. The third-order valence-electron chi connectivity index (χ3n) is 5.46. The first-order valence-electron chi connectivity index (χ1n) is 9.37. The minimum Gasteiger partial charge on any atom is -0.342 e. The summed E-state index contributed by atoms with van der Waals surface area (Å²) in [7, 11) is -3.57. The molecule has 3 rings (SSSR count). The molecule has 2 fully saturated rings. The van der Waals surface area contributed by atoms with Gasteiger partial charge in [0, 0.05) is 37.7 Å². The van der Waals surface area contributed by atoms with Crippen LogP contribution in [0.5, 0.6) is 0 Å². The highest BCUT2D eigenvalue weighted by atomic mass is 32.2. The molecular weight excluding hydrogens is 355 g/mol. The molecule has 7 heteroatoms. The van der Waals surface area contributed by atoms with Gasteiger partial charge in [0.25, 0.3) is 0 Å². The second-order valence-corrected chi connectivity index (χ2v) is 9.52. The lowest BCUT2D eigenvalue weighted by atomic mass is 9.93. The van der Waals surface area contributed by atoms with Gasteiger partial charge in [0.1, 0.15) is 5.82 Å². The molecule has 0 bridgehead atoms. The van der Waals surface area contributed by atoms with Crippen LogP contribution in [-0.2, 0) is 20.6 Å². The molecule has 2 aliphatic rings. The quantitative estimate of drug-likeness (QED) is 0.804. The van der Waals surface area contributed by atoms with Gasteiger partial charge >= 0.3 is 0 Å². The Kier molecular flexibility index (Phi) is 5.97. The summed E-state index contributed by atoms with van der Waals surface area (Å²) in [6.07, 6.45) is 3.29. The van der Waals surface area contributed by atoms with Gasteiger partial charge in [-0.15, -0.1) is 0 Å². The molecule has 1 aromatic rings. The highest BCUT2D eigenvalue weighted by Gasteiger charge is 2.34. The number of hydrogen-bond acceptors (Lipinski definition) is 3. The first-order chi connectivity index (χ1) is 12.4. The Morgan fingerprint density at radius 2 is 1.85 bits per heavy atom. The molecular formula is C19H27FN2O3S. The smallest absolute Gasteiger partial charge is 0.225 e. The second kappa shape index (κ2) is 8.05. The van der Waals surface area contributed by atoms with Gasteiger partial charge in [-0.3, -0.25) is 4.79 Å². The summed E-state index contributed by atoms with van der Waals surface area (Å²) >= 11 is 0. The van der Waals surface area contributed by atoms with Crippen LogP contribution in [0.3, 0.4) is 0 Å². The van der Waals surface area contributed by atoms with Crippen LogP contribution in [0.4, 0.5) is 4.39 Å². The van der Waals surface area contributed by atoms with E-state index in [1.807, 2.05) is 4.90 Å². The average molecular weight is 383 g/mol. The van der Waals surface area contributed by atoms with E-state index in [1.54, 1.807) is 12.1 Å². The fraction of sp³-hybridized carbons (Fsp3) is 0.632. The van der Waals surface area contributed by atoms with Crippen molar-refractivity contribution in [3.8, 4) is 0 Å². The Balaban J connectivity index is 1.57. The van der Waals surface area contributed by atoms with Crippen LogP contribution < -0.4 is 0 Å². The lowest BCUT2D eigenvalue weighted by Gasteiger charge is -2.36. The van der Waals surface area contributed by atoms with Gasteiger partial charge in [-0.25, -0.2) is 17.1 Å². The van der Waals surface area contributed by atoms with Crippen molar-refractivity contribution in [2.75, 3.05) is 26.2 Å². The topological polar surface area (TPSA) is 57.7 Å². The fourth-order valence-corrected chi connectivity index (χ4v) is 5.51. The van der Waals surface area contributed by atoms with Crippen LogP contribution >= 0.6 is 0 Å². The van der Waals surface area contributed by atoms with E-state index < -0.39 is 15.8 Å². The Morgan fingerprint density at radius 1 is 1.15 bits per heavy atom. The number of sulfonamides is 1. The van der Waals surface area contributed by atoms with Gasteiger partial charge in [-0.2, -0.15) is 0 Å². The minimum absolute atomic E-state index is 0.0970. The maximum Gasteiger partial charge on any atom is 0.225 e. The third kappa shape index (κ3) is 4.43. The number of halogens is 1. The van der Waals surface area contributed by atoms with E-state index in [2.05, 4.69) is 6.92 Å². The van der Waals surface area contributed by atoms with Crippen molar-refractivity contribution in [3.63, 3.8) is 0 Å². The summed E-state index contributed by atoms with van der Waals surface area (Å²) in [5.41, 5.74) is 0.188. The van der Waals surface area contributed by atoms with Crippen molar-refractivity contribution in [2.24, 2.45) is 11.8 Å². The molecule has 144 valence electrons. The summed E-state index contributed by atoms with van der Waals surface area (Å²) in [5.74, 6) is -0.223. The van der Waals surface area contributed by atoms with Crippen molar-refractivity contribution in [1.82, 2.24) is 9.21 Å². The number of hydrogen-bond donors (Lipinski definition) is 0. The highest BCUT2D eigenvalue weighted by Crippen LogP contribution is 2.26. The van der Waals surface area contributed by atoms with Gasteiger partial charge in [-0.05, 0) is 37.7 Å². The molecule has 1 unspecified atom stereocenters. The number of piperidine rings is 2. The number of carbonyl (C=O) groups excluding carboxylic acids is 1. The molecule has 0 N–H and O–H groups in total. The number of benzene rings is 1. The third-order valence-corrected chi connectivity index (χ3v) is 7.29. The molecule has 1 aromatic carbocycles. The normalized spacial score (nSPS) is 23.2. The van der Waals surface area contributed by atoms with Crippen LogP contribution in [0.25, 0.3) is 0 Å². The predicted molar refractivity (Wildman–Crippen MR) is 98.3 cm³/mol. The van der Waals surface area contributed by atoms with Crippen molar-refractivity contribution in [3.05, 3.63) is 35.6 Å². The molecule has 5 nitrogen and oxygen atoms in total. The van der Waals surface area contributed by atoms with Crippen LogP contribution in [-0.4, -0.2) is 49.7 Å². The zero-order chi connectivity index (χ0) is 18.7. The molecule has 1 amide bonds. The first kappa shape index (κ1) is 19.3. The lowest BCUT2D eigenvalue weighted by Crippen LogP contribution is -2.47. The van der Waals surface area contributed by atoms with E-state index >= 15 is 0 Å². The largest absolute Gasteiger partial charge is 0.342 e. The Bertz CT molecular complexity index is 745. The molecule has 0 spiro atoms. The predicted octanol–water partition coefficient (Wildman–Crippen LogP) is 2.63. The number of nitrogens with zero attached hydrogens (tertiary/aromatic N) is 2. The van der Waals surface area contributed by atoms with E-state index in [1.165, 1.54) is 16.4 Å². The summed E-state index contributed by atoms with van der Waals surface area (Å²) in [6, 6.07) is 5.96. The average Bonchev–Trinajstić information content (AvgIpc) is 2.63. The van der Waals surface area contributed by atoms with E-state index in [9.17, 15) is 17.6 Å². The van der Waals surface area contributed by atoms with E-state index in [-0.39, 0.29) is 23.1 Å². The Hall–Kier alpha value is -1.47. The monoisotopic (exact) mass is 382 g/mol. The molecule has 0 saturated carbocycles. The Labute approximate surface area is 155 Å². The number of carbonyl (C=O) groups is 1. The molecule has 0 radical (unpaired) electrons. The number of amides is 1. The molecule has 2 aliphatic heterocycles. The van der Waals surface area contributed by atoms with Crippen LogP contribution in [0.1, 0.15) is 38.2 Å². The Morgan fingerprint density at radius 3 is 2.50 bits per heavy atom. The summed E-state index contributed by atoms with van der Waals surface area (Å²) in [6.45, 7) is 4.45. The van der Waals surface area contributed by atoms with Crippen molar-refractivity contribution < 1.29 is 17.6 Å². The standard InChI is InChI=1S/C19H27FN2O3S/c1-15-5-4-10-21(13-15)19(23)16-8-11-22(12-9-16)26(24,25)14-17-6-2-3-7-18(17)20/h2-3,6-7,15-16H,4-5,8-14H2,1H3. The summed E-state index contributed by atoms with van der Waals surface area (Å²) < 4.78 is 40.3. The van der Waals surface area contributed by atoms with E-state index in [4.69, 9.17) is 0 Å². The van der Waals surface area contributed by atoms with Gasteiger partial charge in [0.2, 0.25) is 15.9 Å². The van der Waals surface area contributed by atoms with Gasteiger partial charge in [0.15, 0.2) is 0 Å². The van der Waals surface area contributed by atoms with Crippen LogP contribution in [0, 0.1) is 17.7 Å². The molecule has 0 aliphatic carbocycles. The summed E-state index contributed by atoms with van der Waals surface area (Å²) in [4.78, 5) is 14.6. The first-order valence-corrected chi connectivity index (χ1v) is 11.0. The van der Waals surface area contributed by atoms with Gasteiger partial charge < -0.3 is 4.90 Å². The van der Waals surface area contributed by atoms with Crippen molar-refractivity contribution >= 4 is 15.9 Å².